The zero-order chi connectivity index (χ0) is 10.8. The Labute approximate surface area is 85.4 Å². The second-order valence-electron chi connectivity index (χ2n) is 4.49. The van der Waals surface area contributed by atoms with Gasteiger partial charge in [0, 0.05) is 26.7 Å². The molecule has 0 aromatic carbocycles. The normalized spacial score (nSPS) is 22.9. The van der Waals surface area contributed by atoms with Gasteiger partial charge in [-0.15, -0.1) is 0 Å². The number of hydrogen-bond acceptors (Lipinski definition) is 3. The minimum Gasteiger partial charge on any atom is -0.380 e. The molecule has 14 heavy (non-hydrogen) atoms. The van der Waals surface area contributed by atoms with Crippen LogP contribution >= 0.6 is 0 Å². The van der Waals surface area contributed by atoms with Crippen molar-refractivity contribution >= 4 is 5.91 Å². The molecule has 1 heterocycles. The summed E-state index contributed by atoms with van der Waals surface area (Å²) in [5.41, 5.74) is 5.12. The van der Waals surface area contributed by atoms with Crippen molar-refractivity contribution in [1.82, 2.24) is 4.90 Å². The summed E-state index contributed by atoms with van der Waals surface area (Å²) in [4.78, 5) is 13.8. The lowest BCUT2D eigenvalue weighted by atomic mass is 9.92. The fourth-order valence-corrected chi connectivity index (χ4v) is 1.62. The van der Waals surface area contributed by atoms with Crippen molar-refractivity contribution in [2.45, 2.75) is 26.4 Å². The number of nitrogens with two attached hydrogens (primary N) is 1. The molecule has 1 rings (SSSR count). The van der Waals surface area contributed by atoms with E-state index in [-0.39, 0.29) is 12.0 Å². The third kappa shape index (κ3) is 2.25. The summed E-state index contributed by atoms with van der Waals surface area (Å²) >= 11 is 0. The smallest absolute Gasteiger partial charge is 0.229 e. The van der Waals surface area contributed by atoms with Gasteiger partial charge in [0.05, 0.1) is 11.5 Å². The lowest BCUT2D eigenvalue weighted by Gasteiger charge is -2.27. The summed E-state index contributed by atoms with van der Waals surface area (Å²) < 4.78 is 5.21. The number of carbonyl (C=O) groups excluding carboxylic acids is 1. The number of rotatable bonds is 3. The van der Waals surface area contributed by atoms with Gasteiger partial charge in [0.2, 0.25) is 5.91 Å². The van der Waals surface area contributed by atoms with Gasteiger partial charge in [-0.25, -0.2) is 0 Å². The zero-order valence-electron chi connectivity index (χ0n) is 9.25. The molecule has 2 N–H and O–H groups in total. The molecule has 0 saturated carbocycles. The fourth-order valence-electron chi connectivity index (χ4n) is 1.62. The first-order chi connectivity index (χ1) is 6.51. The maximum atomic E-state index is 11.9. The van der Waals surface area contributed by atoms with Gasteiger partial charge < -0.3 is 15.4 Å². The Morgan fingerprint density at radius 1 is 1.64 bits per heavy atom. The number of likely N-dealkylation sites (tertiary alicyclic amines) is 1. The van der Waals surface area contributed by atoms with Gasteiger partial charge in [-0.1, -0.05) is 0 Å². The molecule has 1 amide bonds. The van der Waals surface area contributed by atoms with E-state index in [4.69, 9.17) is 10.5 Å². The van der Waals surface area contributed by atoms with Crippen molar-refractivity contribution < 1.29 is 9.53 Å². The molecule has 82 valence electrons. The molecular weight excluding hydrogens is 180 g/mol. The number of methoxy groups -OCH3 is 1. The maximum absolute atomic E-state index is 11.9. The van der Waals surface area contributed by atoms with Gasteiger partial charge in [-0.2, -0.15) is 0 Å². The molecule has 0 radical (unpaired) electrons. The Bertz CT molecular complexity index is 216. The van der Waals surface area contributed by atoms with Crippen LogP contribution in [0.15, 0.2) is 0 Å². The van der Waals surface area contributed by atoms with Crippen LogP contribution in [0.4, 0.5) is 0 Å². The van der Waals surface area contributed by atoms with Crippen LogP contribution in [0.1, 0.15) is 20.3 Å². The molecule has 4 heteroatoms. The monoisotopic (exact) mass is 200 g/mol. The summed E-state index contributed by atoms with van der Waals surface area (Å²) in [5, 5.41) is 0. The molecule has 1 aliphatic rings. The van der Waals surface area contributed by atoms with E-state index in [1.54, 1.807) is 7.11 Å². The zero-order valence-corrected chi connectivity index (χ0v) is 9.25. The van der Waals surface area contributed by atoms with Gasteiger partial charge in [-0.3, -0.25) is 4.79 Å². The van der Waals surface area contributed by atoms with Gasteiger partial charge in [0.15, 0.2) is 0 Å². The Morgan fingerprint density at radius 2 is 2.29 bits per heavy atom. The first kappa shape index (κ1) is 11.5. The van der Waals surface area contributed by atoms with E-state index in [0.29, 0.717) is 13.1 Å². The van der Waals surface area contributed by atoms with Crippen molar-refractivity contribution in [3.63, 3.8) is 0 Å². The Morgan fingerprint density at radius 3 is 2.71 bits per heavy atom. The Kier molecular flexibility index (Phi) is 3.50. The molecular formula is C10H20N2O2. The Balaban J connectivity index is 2.55. The van der Waals surface area contributed by atoms with E-state index in [0.717, 1.165) is 13.0 Å². The topological polar surface area (TPSA) is 55.6 Å². The molecule has 4 nitrogen and oxygen atoms in total. The highest BCUT2D eigenvalue weighted by Gasteiger charge is 2.34. The van der Waals surface area contributed by atoms with Crippen molar-refractivity contribution in [3.8, 4) is 0 Å². The van der Waals surface area contributed by atoms with Gasteiger partial charge >= 0.3 is 0 Å². The van der Waals surface area contributed by atoms with E-state index >= 15 is 0 Å². The molecule has 0 bridgehead atoms. The number of hydrogen-bond donors (Lipinski definition) is 1. The van der Waals surface area contributed by atoms with Crippen molar-refractivity contribution in [2.75, 3.05) is 26.7 Å². The summed E-state index contributed by atoms with van der Waals surface area (Å²) in [6, 6.07) is 0. The standard InChI is InChI=1S/C10H20N2O2/c1-10(2,7-11)9(13)12-5-4-8(6-12)14-3/h8H,4-7,11H2,1-3H3. The SMILES string of the molecule is COC1CCN(C(=O)C(C)(C)CN)C1. The third-order valence-corrected chi connectivity index (χ3v) is 2.85. The molecule has 1 atom stereocenters. The maximum Gasteiger partial charge on any atom is 0.229 e. The van der Waals surface area contributed by atoms with Crippen molar-refractivity contribution in [3.05, 3.63) is 0 Å². The lowest BCUT2D eigenvalue weighted by molar-refractivity contribution is -0.139. The third-order valence-electron chi connectivity index (χ3n) is 2.85. The molecule has 0 aliphatic carbocycles. The van der Waals surface area contributed by atoms with Gasteiger partial charge in [-0.05, 0) is 20.3 Å². The van der Waals surface area contributed by atoms with E-state index < -0.39 is 5.41 Å². The summed E-state index contributed by atoms with van der Waals surface area (Å²) in [7, 11) is 1.69. The first-order valence-electron chi connectivity index (χ1n) is 5.03. The molecule has 1 aliphatic heterocycles. The number of ether oxygens (including phenoxy) is 1. The van der Waals surface area contributed by atoms with Crippen LogP contribution in [0.25, 0.3) is 0 Å². The largest absolute Gasteiger partial charge is 0.380 e. The predicted molar refractivity (Wildman–Crippen MR) is 54.8 cm³/mol. The summed E-state index contributed by atoms with van der Waals surface area (Å²) in [6.45, 7) is 5.66. The summed E-state index contributed by atoms with van der Waals surface area (Å²) in [6.07, 6.45) is 1.13. The van der Waals surface area contributed by atoms with Crippen molar-refractivity contribution in [2.24, 2.45) is 11.1 Å². The summed E-state index contributed by atoms with van der Waals surface area (Å²) in [5.74, 6) is 0.138. The second-order valence-corrected chi connectivity index (χ2v) is 4.49. The van der Waals surface area contributed by atoms with E-state index in [9.17, 15) is 4.79 Å². The van der Waals surface area contributed by atoms with Crippen LogP contribution in [-0.4, -0.2) is 43.7 Å². The van der Waals surface area contributed by atoms with Crippen LogP contribution in [0, 0.1) is 5.41 Å². The average Bonchev–Trinajstić information content (AvgIpc) is 2.64. The molecule has 0 spiro atoms. The number of carbonyl (C=O) groups is 1. The first-order valence-corrected chi connectivity index (χ1v) is 5.03. The predicted octanol–water partition coefficient (Wildman–Crippen LogP) is 0.219. The fraction of sp³-hybridized carbons (Fsp3) is 0.900. The van der Waals surface area contributed by atoms with Crippen LogP contribution in [-0.2, 0) is 9.53 Å². The van der Waals surface area contributed by atoms with Crippen molar-refractivity contribution in [1.29, 1.82) is 0 Å². The number of nitrogens with zero attached hydrogens (tertiary/aromatic N) is 1. The van der Waals surface area contributed by atoms with Crippen LogP contribution in [0.2, 0.25) is 0 Å². The molecule has 0 aromatic rings. The van der Waals surface area contributed by atoms with E-state index in [1.807, 2.05) is 18.7 Å². The minimum atomic E-state index is -0.442. The number of amides is 1. The quantitative estimate of drug-likeness (QED) is 0.709. The highest BCUT2D eigenvalue weighted by Crippen LogP contribution is 2.21. The van der Waals surface area contributed by atoms with Gasteiger partial charge in [0.25, 0.3) is 0 Å². The van der Waals surface area contributed by atoms with Crippen LogP contribution in [0.5, 0.6) is 0 Å². The molecule has 1 saturated heterocycles. The highest BCUT2D eigenvalue weighted by atomic mass is 16.5. The Hall–Kier alpha value is -0.610. The van der Waals surface area contributed by atoms with Crippen LogP contribution in [0.3, 0.4) is 0 Å². The van der Waals surface area contributed by atoms with Gasteiger partial charge in [0.1, 0.15) is 0 Å². The average molecular weight is 200 g/mol. The highest BCUT2D eigenvalue weighted by molar-refractivity contribution is 5.82. The van der Waals surface area contributed by atoms with E-state index in [2.05, 4.69) is 0 Å². The van der Waals surface area contributed by atoms with Crippen LogP contribution < -0.4 is 5.73 Å². The minimum absolute atomic E-state index is 0.138. The lowest BCUT2D eigenvalue weighted by Crippen LogP contribution is -2.44. The van der Waals surface area contributed by atoms with E-state index in [1.165, 1.54) is 0 Å². The molecule has 1 unspecified atom stereocenters. The molecule has 1 fully saturated rings. The molecule has 0 aromatic heterocycles. The second kappa shape index (κ2) is 4.28.